The molecule has 1 atom stereocenters. The van der Waals surface area contributed by atoms with Gasteiger partial charge in [0.2, 0.25) is 0 Å². The molecule has 1 aromatic rings. The number of benzene rings is 1. The second kappa shape index (κ2) is 4.15. The zero-order valence-corrected chi connectivity index (χ0v) is 11.2. The predicted molar refractivity (Wildman–Crippen MR) is 70.5 cm³/mol. The summed E-state index contributed by atoms with van der Waals surface area (Å²) in [4.78, 5) is 2.72. The van der Waals surface area contributed by atoms with Gasteiger partial charge in [-0.2, -0.15) is 0 Å². The molecule has 2 heteroatoms. The average molecular weight is 280 g/mol. The number of fused-ring (bicyclic) bond motifs is 1. The van der Waals surface area contributed by atoms with Gasteiger partial charge in [0, 0.05) is 10.0 Å². The molecular formula is C14H18BrN. The maximum atomic E-state index is 3.74. The van der Waals surface area contributed by atoms with E-state index in [2.05, 4.69) is 45.1 Å². The molecule has 2 fully saturated rings. The van der Waals surface area contributed by atoms with Crippen LogP contribution in [0.1, 0.15) is 37.7 Å². The number of piperidine rings is 1. The van der Waals surface area contributed by atoms with Gasteiger partial charge in [-0.3, -0.25) is 4.90 Å². The van der Waals surface area contributed by atoms with Crippen LogP contribution < -0.4 is 0 Å². The molecule has 16 heavy (non-hydrogen) atoms. The molecule has 0 amide bonds. The van der Waals surface area contributed by atoms with Gasteiger partial charge in [-0.15, -0.1) is 0 Å². The molecule has 0 radical (unpaired) electrons. The summed E-state index contributed by atoms with van der Waals surface area (Å²) in [6.07, 6.45) is 6.82. The van der Waals surface area contributed by atoms with Gasteiger partial charge < -0.3 is 0 Å². The second-order valence-corrected chi connectivity index (χ2v) is 5.91. The second-order valence-electron chi connectivity index (χ2n) is 5.06. The molecule has 2 aliphatic rings. The van der Waals surface area contributed by atoms with Crippen molar-refractivity contribution >= 4 is 15.9 Å². The van der Waals surface area contributed by atoms with E-state index in [9.17, 15) is 0 Å². The first-order chi connectivity index (χ1) is 7.83. The Morgan fingerprint density at radius 2 is 1.75 bits per heavy atom. The number of hydrogen-bond acceptors (Lipinski definition) is 1. The Kier molecular flexibility index (Phi) is 2.80. The van der Waals surface area contributed by atoms with E-state index < -0.39 is 0 Å². The summed E-state index contributed by atoms with van der Waals surface area (Å²) in [6.45, 7) is 2.59. The van der Waals surface area contributed by atoms with Gasteiger partial charge >= 0.3 is 0 Å². The number of hydrogen-bond donors (Lipinski definition) is 0. The first-order valence-corrected chi connectivity index (χ1v) is 7.12. The third kappa shape index (κ3) is 1.54. The van der Waals surface area contributed by atoms with E-state index in [1.165, 1.54) is 55.2 Å². The molecular weight excluding hydrogens is 262 g/mol. The molecule has 2 saturated heterocycles. The standard InChI is InChI=1S/C14H18BrN/c15-13-7-2-1-6-12(13)14-8-3-4-10-16(14)11-5-9-14/h1-2,6-7H,3-5,8-11H2. The van der Waals surface area contributed by atoms with Crippen molar-refractivity contribution in [2.24, 2.45) is 0 Å². The van der Waals surface area contributed by atoms with Gasteiger partial charge in [-0.05, 0) is 56.8 Å². The highest BCUT2D eigenvalue weighted by Gasteiger charge is 2.44. The van der Waals surface area contributed by atoms with E-state index in [-0.39, 0.29) is 0 Å². The summed E-state index contributed by atoms with van der Waals surface area (Å²) in [5, 5.41) is 0. The Morgan fingerprint density at radius 1 is 1.00 bits per heavy atom. The number of nitrogens with zero attached hydrogens (tertiary/aromatic N) is 1. The molecule has 0 bridgehead atoms. The zero-order chi connectivity index (χ0) is 11.0. The van der Waals surface area contributed by atoms with Crippen molar-refractivity contribution in [2.45, 2.75) is 37.6 Å². The van der Waals surface area contributed by atoms with Crippen LogP contribution in [-0.4, -0.2) is 18.0 Å². The Morgan fingerprint density at radius 3 is 2.62 bits per heavy atom. The highest BCUT2D eigenvalue weighted by atomic mass is 79.9. The maximum absolute atomic E-state index is 3.74. The van der Waals surface area contributed by atoms with Gasteiger partial charge in [0.15, 0.2) is 0 Å². The van der Waals surface area contributed by atoms with Crippen LogP contribution in [0.25, 0.3) is 0 Å². The number of halogens is 1. The van der Waals surface area contributed by atoms with Crippen LogP contribution in [0.15, 0.2) is 28.7 Å². The molecule has 86 valence electrons. The van der Waals surface area contributed by atoms with Crippen molar-refractivity contribution in [3.8, 4) is 0 Å². The third-order valence-electron chi connectivity index (χ3n) is 4.27. The first kappa shape index (κ1) is 10.8. The molecule has 1 aromatic carbocycles. The Hall–Kier alpha value is -0.340. The van der Waals surface area contributed by atoms with E-state index >= 15 is 0 Å². The molecule has 1 nitrogen and oxygen atoms in total. The first-order valence-electron chi connectivity index (χ1n) is 6.33. The molecule has 0 aromatic heterocycles. The van der Waals surface area contributed by atoms with E-state index in [1.54, 1.807) is 0 Å². The van der Waals surface area contributed by atoms with Crippen molar-refractivity contribution in [3.63, 3.8) is 0 Å². The smallest absolute Gasteiger partial charge is 0.0472 e. The van der Waals surface area contributed by atoms with Crippen LogP contribution in [0, 0.1) is 0 Å². The molecule has 0 aliphatic carbocycles. The van der Waals surface area contributed by atoms with Crippen molar-refractivity contribution in [1.82, 2.24) is 4.90 Å². The van der Waals surface area contributed by atoms with Crippen LogP contribution in [0.2, 0.25) is 0 Å². The van der Waals surface area contributed by atoms with E-state index in [0.717, 1.165) is 0 Å². The van der Waals surface area contributed by atoms with E-state index in [0.29, 0.717) is 5.54 Å². The average Bonchev–Trinajstić information content (AvgIpc) is 2.74. The molecule has 1 unspecified atom stereocenters. The molecule has 0 spiro atoms. The predicted octanol–water partition coefficient (Wildman–Crippen LogP) is 3.92. The largest absolute Gasteiger partial charge is 0.294 e. The van der Waals surface area contributed by atoms with Crippen LogP contribution >= 0.6 is 15.9 Å². The van der Waals surface area contributed by atoms with Crippen molar-refractivity contribution in [3.05, 3.63) is 34.3 Å². The minimum Gasteiger partial charge on any atom is -0.294 e. The van der Waals surface area contributed by atoms with Gasteiger partial charge in [0.25, 0.3) is 0 Å². The lowest BCUT2D eigenvalue weighted by molar-refractivity contribution is 0.0878. The summed E-state index contributed by atoms with van der Waals surface area (Å²) in [5.41, 5.74) is 1.88. The lowest BCUT2D eigenvalue weighted by atomic mass is 9.80. The fourth-order valence-electron chi connectivity index (χ4n) is 3.54. The molecule has 3 rings (SSSR count). The van der Waals surface area contributed by atoms with Gasteiger partial charge in [0.1, 0.15) is 0 Å². The van der Waals surface area contributed by atoms with Crippen LogP contribution in [0.3, 0.4) is 0 Å². The maximum Gasteiger partial charge on any atom is 0.0472 e. The summed E-state index contributed by atoms with van der Waals surface area (Å²) < 4.78 is 1.30. The highest BCUT2D eigenvalue weighted by molar-refractivity contribution is 9.10. The summed E-state index contributed by atoms with van der Waals surface area (Å²) in [5.74, 6) is 0. The Bertz CT molecular complexity index is 390. The third-order valence-corrected chi connectivity index (χ3v) is 4.96. The van der Waals surface area contributed by atoms with Crippen molar-refractivity contribution < 1.29 is 0 Å². The monoisotopic (exact) mass is 279 g/mol. The van der Waals surface area contributed by atoms with E-state index in [1.807, 2.05) is 0 Å². The summed E-state index contributed by atoms with van der Waals surface area (Å²) in [7, 11) is 0. The fourth-order valence-corrected chi connectivity index (χ4v) is 4.20. The summed E-state index contributed by atoms with van der Waals surface area (Å²) >= 11 is 3.74. The molecule has 2 heterocycles. The minimum atomic E-state index is 0.359. The number of rotatable bonds is 1. The molecule has 0 saturated carbocycles. The van der Waals surface area contributed by atoms with Crippen LogP contribution in [0.4, 0.5) is 0 Å². The van der Waals surface area contributed by atoms with Crippen LogP contribution in [-0.2, 0) is 5.54 Å². The van der Waals surface area contributed by atoms with Gasteiger partial charge in [-0.25, -0.2) is 0 Å². The van der Waals surface area contributed by atoms with Crippen molar-refractivity contribution in [1.29, 1.82) is 0 Å². The van der Waals surface area contributed by atoms with Gasteiger partial charge in [-0.1, -0.05) is 34.1 Å². The van der Waals surface area contributed by atoms with Crippen LogP contribution in [0.5, 0.6) is 0 Å². The van der Waals surface area contributed by atoms with Crippen molar-refractivity contribution in [2.75, 3.05) is 13.1 Å². The fraction of sp³-hybridized carbons (Fsp3) is 0.571. The molecule has 2 aliphatic heterocycles. The lowest BCUT2D eigenvalue weighted by Gasteiger charge is -2.43. The van der Waals surface area contributed by atoms with Gasteiger partial charge in [0.05, 0.1) is 0 Å². The Labute approximate surface area is 106 Å². The SMILES string of the molecule is Brc1ccccc1C12CCCCN1CCC2. The topological polar surface area (TPSA) is 3.24 Å². The minimum absolute atomic E-state index is 0.359. The Balaban J connectivity index is 2.05. The lowest BCUT2D eigenvalue weighted by Crippen LogP contribution is -2.44. The molecule has 0 N–H and O–H groups in total. The zero-order valence-electron chi connectivity index (χ0n) is 9.58. The quantitative estimate of drug-likeness (QED) is 0.753. The van der Waals surface area contributed by atoms with E-state index in [4.69, 9.17) is 0 Å². The normalized spacial score (nSPS) is 30.3. The highest BCUT2D eigenvalue weighted by Crippen LogP contribution is 2.47. The summed E-state index contributed by atoms with van der Waals surface area (Å²) in [6, 6.07) is 8.80.